The number of nitrogens with one attached hydrogen (secondary N) is 1. The molecule has 1 fully saturated rings. The lowest BCUT2D eigenvalue weighted by Crippen LogP contribution is -2.53. The third kappa shape index (κ3) is 4.92. The molecule has 1 unspecified atom stereocenters. The highest BCUT2D eigenvalue weighted by molar-refractivity contribution is 5.81. The lowest BCUT2D eigenvalue weighted by molar-refractivity contribution is -0.126. The van der Waals surface area contributed by atoms with Crippen LogP contribution < -0.4 is 15.0 Å². The van der Waals surface area contributed by atoms with E-state index in [4.69, 9.17) is 4.74 Å². The molecule has 0 radical (unpaired) electrons. The maximum Gasteiger partial charge on any atom is 0.237 e. The van der Waals surface area contributed by atoms with Crippen molar-refractivity contribution in [1.29, 1.82) is 0 Å². The number of methoxy groups -OCH3 is 1. The number of ether oxygens (including phenoxy) is 1. The summed E-state index contributed by atoms with van der Waals surface area (Å²) in [7, 11) is 1.64. The monoisotopic (exact) mass is 369 g/mol. The standard InChI is InChI=1S/C21H27N3O3/c1-16(21(26)22-15-17-4-3-5-20(14-17)27-2)23-10-12-24(13-11-23)18-6-8-19(25)9-7-18/h3-9,14,16,25H,10-13,15H2,1-2H3,(H,22,26). The van der Waals surface area contributed by atoms with Crippen LogP contribution in [0.4, 0.5) is 5.69 Å². The Morgan fingerprint density at radius 1 is 1.15 bits per heavy atom. The van der Waals surface area contributed by atoms with Crippen LogP contribution in [-0.2, 0) is 11.3 Å². The Kier molecular flexibility index (Phi) is 6.19. The van der Waals surface area contributed by atoms with Gasteiger partial charge in [-0.25, -0.2) is 0 Å². The van der Waals surface area contributed by atoms with E-state index >= 15 is 0 Å². The van der Waals surface area contributed by atoms with E-state index in [9.17, 15) is 9.90 Å². The molecule has 0 saturated carbocycles. The van der Waals surface area contributed by atoms with Gasteiger partial charge in [-0.2, -0.15) is 0 Å². The largest absolute Gasteiger partial charge is 0.508 e. The Morgan fingerprint density at radius 2 is 1.85 bits per heavy atom. The van der Waals surface area contributed by atoms with Crippen LogP contribution in [0, 0.1) is 0 Å². The molecule has 27 heavy (non-hydrogen) atoms. The average molecular weight is 369 g/mol. The second-order valence-corrected chi connectivity index (χ2v) is 6.78. The lowest BCUT2D eigenvalue weighted by atomic mass is 10.1. The van der Waals surface area contributed by atoms with Crippen LogP contribution >= 0.6 is 0 Å². The van der Waals surface area contributed by atoms with Crippen LogP contribution in [0.1, 0.15) is 12.5 Å². The van der Waals surface area contributed by atoms with Crippen LogP contribution in [0.3, 0.4) is 0 Å². The van der Waals surface area contributed by atoms with Crippen LogP contribution in [0.25, 0.3) is 0 Å². The van der Waals surface area contributed by atoms with Crippen molar-refractivity contribution < 1.29 is 14.6 Å². The number of nitrogens with zero attached hydrogens (tertiary/aromatic N) is 2. The maximum atomic E-state index is 12.5. The molecule has 1 aliphatic heterocycles. The minimum atomic E-state index is -0.169. The first-order chi connectivity index (χ1) is 13.1. The fraction of sp³-hybridized carbons (Fsp3) is 0.381. The molecule has 1 aliphatic rings. The highest BCUT2D eigenvalue weighted by atomic mass is 16.5. The number of hydrogen-bond donors (Lipinski definition) is 2. The van der Waals surface area contributed by atoms with Crippen molar-refractivity contribution >= 4 is 11.6 Å². The van der Waals surface area contributed by atoms with Crippen molar-refractivity contribution in [3.05, 3.63) is 54.1 Å². The molecule has 1 amide bonds. The lowest BCUT2D eigenvalue weighted by Gasteiger charge is -2.38. The van der Waals surface area contributed by atoms with Crippen molar-refractivity contribution in [3.8, 4) is 11.5 Å². The summed E-state index contributed by atoms with van der Waals surface area (Å²) in [5, 5.41) is 12.4. The maximum absolute atomic E-state index is 12.5. The molecule has 144 valence electrons. The van der Waals surface area contributed by atoms with E-state index in [1.54, 1.807) is 19.2 Å². The first kappa shape index (κ1) is 19.0. The number of amides is 1. The molecular weight excluding hydrogens is 342 g/mol. The Labute approximate surface area is 160 Å². The van der Waals surface area contributed by atoms with E-state index in [-0.39, 0.29) is 17.7 Å². The van der Waals surface area contributed by atoms with Gasteiger partial charge in [-0.3, -0.25) is 9.69 Å². The Bertz CT molecular complexity index is 756. The quantitative estimate of drug-likeness (QED) is 0.818. The van der Waals surface area contributed by atoms with Gasteiger partial charge in [-0.1, -0.05) is 12.1 Å². The van der Waals surface area contributed by atoms with Crippen molar-refractivity contribution in [1.82, 2.24) is 10.2 Å². The second kappa shape index (κ2) is 8.77. The van der Waals surface area contributed by atoms with Gasteiger partial charge in [-0.15, -0.1) is 0 Å². The van der Waals surface area contributed by atoms with Crippen molar-refractivity contribution in [2.75, 3.05) is 38.2 Å². The van der Waals surface area contributed by atoms with E-state index in [0.29, 0.717) is 6.54 Å². The number of phenolic OH excluding ortho intramolecular Hbond substituents is 1. The predicted molar refractivity (Wildman–Crippen MR) is 106 cm³/mol. The van der Waals surface area contributed by atoms with Gasteiger partial charge < -0.3 is 20.1 Å². The fourth-order valence-electron chi connectivity index (χ4n) is 3.32. The number of piperazine rings is 1. The molecule has 6 nitrogen and oxygen atoms in total. The molecule has 0 aromatic heterocycles. The van der Waals surface area contributed by atoms with E-state index < -0.39 is 0 Å². The first-order valence-electron chi connectivity index (χ1n) is 9.25. The van der Waals surface area contributed by atoms with Crippen molar-refractivity contribution in [2.45, 2.75) is 19.5 Å². The van der Waals surface area contributed by atoms with Gasteiger partial charge in [0, 0.05) is 38.4 Å². The number of aromatic hydroxyl groups is 1. The molecule has 3 rings (SSSR count). The zero-order chi connectivity index (χ0) is 19.2. The summed E-state index contributed by atoms with van der Waals surface area (Å²) in [6.45, 7) is 5.82. The number of benzene rings is 2. The minimum absolute atomic E-state index is 0.0379. The van der Waals surface area contributed by atoms with Gasteiger partial charge in [0.25, 0.3) is 0 Å². The van der Waals surface area contributed by atoms with Gasteiger partial charge in [0.2, 0.25) is 5.91 Å². The van der Waals surface area contributed by atoms with Gasteiger partial charge in [0.15, 0.2) is 0 Å². The van der Waals surface area contributed by atoms with Crippen molar-refractivity contribution in [3.63, 3.8) is 0 Å². The predicted octanol–water partition coefficient (Wildman–Crippen LogP) is 2.23. The first-order valence-corrected chi connectivity index (χ1v) is 9.25. The minimum Gasteiger partial charge on any atom is -0.508 e. The van der Waals surface area contributed by atoms with Gasteiger partial charge in [0.1, 0.15) is 11.5 Å². The van der Waals surface area contributed by atoms with Gasteiger partial charge in [0.05, 0.1) is 13.2 Å². The number of carbonyl (C=O) groups is 1. The summed E-state index contributed by atoms with van der Waals surface area (Å²) in [6.07, 6.45) is 0. The molecular formula is C21H27N3O3. The molecule has 1 atom stereocenters. The SMILES string of the molecule is COc1cccc(CNC(=O)C(C)N2CCN(c3ccc(O)cc3)CC2)c1. The number of hydrogen-bond acceptors (Lipinski definition) is 5. The highest BCUT2D eigenvalue weighted by Crippen LogP contribution is 2.20. The Hall–Kier alpha value is -2.73. The van der Waals surface area contributed by atoms with Crippen LogP contribution in [0.5, 0.6) is 11.5 Å². The summed E-state index contributed by atoms with van der Waals surface area (Å²) in [4.78, 5) is 17.0. The van der Waals surface area contributed by atoms with E-state index in [1.807, 2.05) is 43.3 Å². The smallest absolute Gasteiger partial charge is 0.237 e. The fourth-order valence-corrected chi connectivity index (χ4v) is 3.32. The molecule has 1 heterocycles. The summed E-state index contributed by atoms with van der Waals surface area (Å²) >= 11 is 0. The van der Waals surface area contributed by atoms with Crippen LogP contribution in [0.2, 0.25) is 0 Å². The molecule has 0 spiro atoms. The number of phenols is 1. The van der Waals surface area contributed by atoms with Crippen LogP contribution in [0.15, 0.2) is 48.5 Å². The summed E-state index contributed by atoms with van der Waals surface area (Å²) in [5.41, 5.74) is 2.12. The average Bonchev–Trinajstić information content (AvgIpc) is 2.72. The molecule has 2 aromatic carbocycles. The zero-order valence-corrected chi connectivity index (χ0v) is 15.9. The van der Waals surface area contributed by atoms with E-state index in [0.717, 1.165) is 43.2 Å². The number of carbonyl (C=O) groups excluding carboxylic acids is 1. The van der Waals surface area contributed by atoms with E-state index in [2.05, 4.69) is 15.1 Å². The van der Waals surface area contributed by atoms with Gasteiger partial charge in [-0.05, 0) is 48.9 Å². The molecule has 2 N–H and O–H groups in total. The summed E-state index contributed by atoms with van der Waals surface area (Å²) < 4.78 is 5.22. The molecule has 0 aliphatic carbocycles. The number of anilines is 1. The molecule has 2 aromatic rings. The molecule has 1 saturated heterocycles. The Balaban J connectivity index is 1.48. The normalized spacial score (nSPS) is 16.0. The topological polar surface area (TPSA) is 65.0 Å². The van der Waals surface area contributed by atoms with Crippen molar-refractivity contribution in [2.24, 2.45) is 0 Å². The van der Waals surface area contributed by atoms with Gasteiger partial charge >= 0.3 is 0 Å². The number of rotatable bonds is 6. The second-order valence-electron chi connectivity index (χ2n) is 6.78. The third-order valence-electron chi connectivity index (χ3n) is 5.06. The molecule has 0 bridgehead atoms. The van der Waals surface area contributed by atoms with Crippen LogP contribution in [-0.4, -0.2) is 55.2 Å². The van der Waals surface area contributed by atoms with E-state index in [1.165, 1.54) is 0 Å². The third-order valence-corrected chi connectivity index (χ3v) is 5.06. The summed E-state index contributed by atoms with van der Waals surface area (Å²) in [6, 6.07) is 14.8. The zero-order valence-electron chi connectivity index (χ0n) is 15.9. The summed E-state index contributed by atoms with van der Waals surface area (Å²) in [5.74, 6) is 1.11. The highest BCUT2D eigenvalue weighted by Gasteiger charge is 2.25. The molecule has 6 heteroatoms. The Morgan fingerprint density at radius 3 is 2.52 bits per heavy atom.